The van der Waals surface area contributed by atoms with Crippen molar-refractivity contribution in [2.75, 3.05) is 0 Å². The summed E-state index contributed by atoms with van der Waals surface area (Å²) in [6.07, 6.45) is 3.66. The third kappa shape index (κ3) is 4.27. The molecule has 3 aromatic heterocycles. The molecule has 29 heavy (non-hydrogen) atoms. The van der Waals surface area contributed by atoms with Crippen molar-refractivity contribution in [2.24, 2.45) is 0 Å². The zero-order valence-corrected chi connectivity index (χ0v) is 15.7. The summed E-state index contributed by atoms with van der Waals surface area (Å²) < 4.78 is 40.6. The monoisotopic (exact) mass is 417 g/mol. The van der Waals surface area contributed by atoms with Crippen molar-refractivity contribution in [2.45, 2.75) is 19.3 Å². The fourth-order valence-corrected chi connectivity index (χ4v) is 3.66. The van der Waals surface area contributed by atoms with Crippen LogP contribution in [0.15, 0.2) is 36.7 Å². The van der Waals surface area contributed by atoms with E-state index in [9.17, 15) is 18.0 Å². The molecule has 4 rings (SSSR count). The maximum atomic E-state index is 13.8. The maximum Gasteiger partial charge on any atom is 0.179 e. The summed E-state index contributed by atoms with van der Waals surface area (Å²) in [4.78, 5) is 15.2. The fourth-order valence-electron chi connectivity index (χ4n) is 2.84. The molecule has 0 atom stereocenters. The molecule has 0 saturated carbocycles. The first-order valence-corrected chi connectivity index (χ1v) is 9.47. The van der Waals surface area contributed by atoms with Crippen LogP contribution in [-0.4, -0.2) is 31.2 Å². The summed E-state index contributed by atoms with van der Waals surface area (Å²) >= 11 is 1.37. The summed E-state index contributed by atoms with van der Waals surface area (Å²) in [6.45, 7) is 0. The lowest BCUT2D eigenvalue weighted by Gasteiger charge is -2.03. The summed E-state index contributed by atoms with van der Waals surface area (Å²) in [6, 6.07) is 4.59. The van der Waals surface area contributed by atoms with Gasteiger partial charge in [0.15, 0.2) is 10.8 Å². The maximum absolute atomic E-state index is 13.8. The van der Waals surface area contributed by atoms with Gasteiger partial charge in [-0.25, -0.2) is 13.2 Å². The molecule has 0 spiro atoms. The number of nitrogens with zero attached hydrogens (tertiary/aromatic N) is 3. The molecule has 3 heterocycles. The van der Waals surface area contributed by atoms with Gasteiger partial charge in [0.05, 0.1) is 11.4 Å². The Morgan fingerprint density at radius 2 is 1.90 bits per heavy atom. The first kappa shape index (κ1) is 19.1. The lowest BCUT2D eigenvalue weighted by molar-refractivity contribution is 0.0978. The molecule has 148 valence electrons. The molecule has 0 aliphatic heterocycles. The quantitative estimate of drug-likeness (QED) is 0.444. The lowest BCUT2D eigenvalue weighted by Crippen LogP contribution is -2.01. The highest BCUT2D eigenvalue weighted by atomic mass is 32.1. The van der Waals surface area contributed by atoms with Crippen molar-refractivity contribution in [1.82, 2.24) is 25.4 Å². The first-order chi connectivity index (χ1) is 14.0. The van der Waals surface area contributed by atoms with Gasteiger partial charge in [0.25, 0.3) is 0 Å². The number of aromatic amines is 2. The number of carbonyl (C=O) groups excluding carboxylic acids is 1. The molecule has 0 radical (unpaired) electrons. The van der Waals surface area contributed by atoms with Crippen LogP contribution in [0, 0.1) is 17.5 Å². The standard InChI is InChI=1S/C19H14F3N5OS/c20-11-7-13(21)12(14(22)8-11)5-10-6-16(23-9-10)17(28)1-2-18-26-27-19(29-18)15-3-4-24-25-15/h3-4,6-9,23H,1-2,5H2,(H,24,25). The summed E-state index contributed by atoms with van der Waals surface area (Å²) in [5.41, 5.74) is 1.37. The first-order valence-electron chi connectivity index (χ1n) is 8.65. The zero-order valence-electron chi connectivity index (χ0n) is 14.9. The number of hydrogen-bond donors (Lipinski definition) is 2. The molecule has 0 aliphatic rings. The Kier molecular flexibility index (Phi) is 5.26. The van der Waals surface area contributed by atoms with Gasteiger partial charge in [-0.15, -0.1) is 10.2 Å². The number of H-pyrrole nitrogens is 2. The SMILES string of the molecule is O=C(CCc1nnc(-c2ccn[nH]2)s1)c1cc(Cc2c(F)cc(F)cc2F)c[nH]1. The van der Waals surface area contributed by atoms with Crippen molar-refractivity contribution in [3.05, 3.63) is 75.9 Å². The summed E-state index contributed by atoms with van der Waals surface area (Å²) in [5.74, 6) is -3.04. The molecular formula is C19H14F3N5OS. The largest absolute Gasteiger partial charge is 0.359 e. The number of halogens is 3. The second-order valence-electron chi connectivity index (χ2n) is 6.34. The van der Waals surface area contributed by atoms with Crippen LogP contribution in [-0.2, 0) is 12.8 Å². The topological polar surface area (TPSA) is 87.3 Å². The zero-order chi connectivity index (χ0) is 20.4. The van der Waals surface area contributed by atoms with Gasteiger partial charge in [-0.1, -0.05) is 11.3 Å². The van der Waals surface area contributed by atoms with Crippen LogP contribution < -0.4 is 0 Å². The number of hydrogen-bond acceptors (Lipinski definition) is 5. The van der Waals surface area contributed by atoms with E-state index in [-0.39, 0.29) is 24.2 Å². The van der Waals surface area contributed by atoms with Crippen LogP contribution >= 0.6 is 11.3 Å². The predicted octanol–water partition coefficient (Wildman–Crippen LogP) is 4.08. The average molecular weight is 417 g/mol. The van der Waals surface area contributed by atoms with Crippen LogP contribution in [0.1, 0.15) is 33.0 Å². The third-order valence-corrected chi connectivity index (χ3v) is 5.31. The van der Waals surface area contributed by atoms with Gasteiger partial charge in [-0.05, 0) is 17.7 Å². The van der Waals surface area contributed by atoms with E-state index in [0.717, 1.165) is 5.69 Å². The Balaban J connectivity index is 1.39. The molecule has 4 aromatic rings. The van der Waals surface area contributed by atoms with Gasteiger partial charge in [-0.3, -0.25) is 9.89 Å². The predicted molar refractivity (Wildman–Crippen MR) is 100 cm³/mol. The molecule has 0 bridgehead atoms. The number of benzene rings is 1. The molecular weight excluding hydrogens is 403 g/mol. The molecule has 1 aromatic carbocycles. The Labute approximate surface area is 166 Å². The summed E-state index contributed by atoms with van der Waals surface area (Å²) in [7, 11) is 0. The van der Waals surface area contributed by atoms with E-state index < -0.39 is 17.5 Å². The van der Waals surface area contributed by atoms with Gasteiger partial charge >= 0.3 is 0 Å². The molecule has 0 aliphatic carbocycles. The smallest absolute Gasteiger partial charge is 0.179 e. The second-order valence-corrected chi connectivity index (χ2v) is 7.40. The van der Waals surface area contributed by atoms with Gasteiger partial charge < -0.3 is 4.98 Å². The van der Waals surface area contributed by atoms with Crippen molar-refractivity contribution in [3.8, 4) is 10.7 Å². The highest BCUT2D eigenvalue weighted by Gasteiger charge is 2.16. The van der Waals surface area contributed by atoms with Gasteiger partial charge in [-0.2, -0.15) is 5.10 Å². The molecule has 6 nitrogen and oxygen atoms in total. The Bertz CT molecular complexity index is 1130. The number of rotatable bonds is 7. The van der Waals surface area contributed by atoms with E-state index in [4.69, 9.17) is 0 Å². The van der Waals surface area contributed by atoms with Crippen LogP contribution in [0.4, 0.5) is 13.2 Å². The molecule has 0 saturated heterocycles. The van der Waals surface area contributed by atoms with Crippen molar-refractivity contribution in [3.63, 3.8) is 0 Å². The number of ketones is 1. The van der Waals surface area contributed by atoms with Crippen LogP contribution in [0.3, 0.4) is 0 Å². The molecule has 10 heteroatoms. The van der Waals surface area contributed by atoms with Crippen molar-refractivity contribution >= 4 is 17.1 Å². The normalized spacial score (nSPS) is 11.1. The van der Waals surface area contributed by atoms with E-state index in [1.54, 1.807) is 18.3 Å². The number of aromatic nitrogens is 5. The van der Waals surface area contributed by atoms with E-state index in [0.29, 0.717) is 39.8 Å². The van der Waals surface area contributed by atoms with Gasteiger partial charge in [0.2, 0.25) is 0 Å². The van der Waals surface area contributed by atoms with Gasteiger partial charge in [0.1, 0.15) is 22.5 Å². The third-order valence-electron chi connectivity index (χ3n) is 4.29. The Morgan fingerprint density at radius 1 is 1.10 bits per heavy atom. The van der Waals surface area contributed by atoms with Crippen molar-refractivity contribution in [1.29, 1.82) is 0 Å². The van der Waals surface area contributed by atoms with Gasteiger partial charge in [0, 0.05) is 49.4 Å². The Hall–Kier alpha value is -3.27. The van der Waals surface area contributed by atoms with E-state index in [1.165, 1.54) is 17.5 Å². The van der Waals surface area contributed by atoms with Crippen LogP contribution in [0.25, 0.3) is 10.7 Å². The second kappa shape index (κ2) is 8.00. The molecule has 0 amide bonds. The molecule has 0 fully saturated rings. The van der Waals surface area contributed by atoms with Crippen molar-refractivity contribution < 1.29 is 18.0 Å². The highest BCUT2D eigenvalue weighted by Crippen LogP contribution is 2.23. The fraction of sp³-hybridized carbons (Fsp3) is 0.158. The number of nitrogens with one attached hydrogen (secondary N) is 2. The highest BCUT2D eigenvalue weighted by molar-refractivity contribution is 7.14. The number of Topliss-reactive ketones (excluding diaryl/α,β-unsaturated/α-hetero) is 1. The van der Waals surface area contributed by atoms with Crippen LogP contribution in [0.5, 0.6) is 0 Å². The minimum atomic E-state index is -0.971. The molecule has 0 unspecified atom stereocenters. The lowest BCUT2D eigenvalue weighted by atomic mass is 10.1. The van der Waals surface area contributed by atoms with E-state index in [1.807, 2.05) is 0 Å². The molecule has 2 N–H and O–H groups in total. The van der Waals surface area contributed by atoms with E-state index >= 15 is 0 Å². The minimum Gasteiger partial charge on any atom is -0.359 e. The Morgan fingerprint density at radius 3 is 2.62 bits per heavy atom. The average Bonchev–Trinajstić information content (AvgIpc) is 3.44. The number of carbonyl (C=O) groups is 1. The van der Waals surface area contributed by atoms with Crippen LogP contribution in [0.2, 0.25) is 0 Å². The number of aryl methyl sites for hydroxylation is 1. The van der Waals surface area contributed by atoms with E-state index in [2.05, 4.69) is 25.4 Å². The summed E-state index contributed by atoms with van der Waals surface area (Å²) in [5, 5.41) is 16.2. The minimum absolute atomic E-state index is 0.0916.